The van der Waals surface area contributed by atoms with Crippen LogP contribution in [0.2, 0.25) is 0 Å². The molecular weight excluding hydrogens is 338 g/mol. The van der Waals surface area contributed by atoms with E-state index in [1.165, 1.54) is 20.8 Å². The number of ether oxygens (including phenoxy) is 1. The zero-order chi connectivity index (χ0) is 19.6. The summed E-state index contributed by atoms with van der Waals surface area (Å²) in [6.45, 7) is 6.68. The summed E-state index contributed by atoms with van der Waals surface area (Å²) in [6, 6.07) is 0. The molecule has 0 aromatic rings. The van der Waals surface area contributed by atoms with Gasteiger partial charge in [0.2, 0.25) is 0 Å². The molecule has 0 heterocycles. The molecule has 0 rings (SSSR count). The van der Waals surface area contributed by atoms with Crippen LogP contribution in [0.3, 0.4) is 0 Å². The van der Waals surface area contributed by atoms with Crippen molar-refractivity contribution in [2.45, 2.75) is 73.2 Å². The third kappa shape index (κ3) is 5.02. The highest BCUT2D eigenvalue weighted by atomic mass is 19.4. The van der Waals surface area contributed by atoms with E-state index in [2.05, 4.69) is 4.74 Å². The third-order valence-electron chi connectivity index (χ3n) is 4.94. The lowest BCUT2D eigenvalue weighted by Crippen LogP contribution is -2.57. The Kier molecular flexibility index (Phi) is 6.84. The summed E-state index contributed by atoms with van der Waals surface area (Å²) in [5.41, 5.74) is -5.54. The summed E-state index contributed by atoms with van der Waals surface area (Å²) < 4.78 is 83.1. The molecule has 2 nitrogen and oxygen atoms in total. The average Bonchev–Trinajstić information content (AvgIpc) is 2.39. The van der Waals surface area contributed by atoms with Crippen LogP contribution in [0, 0.1) is 16.2 Å². The molecule has 0 saturated carbocycles. The highest BCUT2D eigenvalue weighted by molar-refractivity contribution is 5.79. The lowest BCUT2D eigenvalue weighted by atomic mass is 9.57. The van der Waals surface area contributed by atoms with Crippen LogP contribution in [0.25, 0.3) is 0 Å². The summed E-state index contributed by atoms with van der Waals surface area (Å²) >= 11 is 0. The van der Waals surface area contributed by atoms with Gasteiger partial charge in [0.15, 0.2) is 12.0 Å². The zero-order valence-electron chi connectivity index (χ0n) is 14.9. The lowest BCUT2D eigenvalue weighted by molar-refractivity contribution is -0.278. The molecule has 0 radical (unpaired) electrons. The van der Waals surface area contributed by atoms with Gasteiger partial charge in [-0.3, -0.25) is 4.79 Å². The minimum atomic E-state index is -5.04. The quantitative estimate of drug-likeness (QED) is 0.415. The molecule has 0 fully saturated rings. The summed E-state index contributed by atoms with van der Waals surface area (Å²) in [5.74, 6) is -1.86. The predicted molar refractivity (Wildman–Crippen MR) is 78.3 cm³/mol. The van der Waals surface area contributed by atoms with E-state index in [4.69, 9.17) is 0 Å². The van der Waals surface area contributed by atoms with Crippen LogP contribution in [-0.4, -0.2) is 24.9 Å². The molecule has 0 N–H and O–H groups in total. The first kappa shape index (κ1) is 23.1. The van der Waals surface area contributed by atoms with E-state index >= 15 is 0 Å². The normalized spacial score (nSPS) is 16.7. The molecule has 0 spiro atoms. The fourth-order valence-corrected chi connectivity index (χ4v) is 2.60. The number of esters is 1. The molecule has 0 saturated heterocycles. The van der Waals surface area contributed by atoms with E-state index in [1.54, 1.807) is 20.8 Å². The molecule has 0 bridgehead atoms. The second-order valence-corrected chi connectivity index (χ2v) is 7.53. The maximum atomic E-state index is 14.0. The van der Waals surface area contributed by atoms with Gasteiger partial charge in [-0.15, -0.1) is 0 Å². The maximum Gasteiger partial charge on any atom is 0.422 e. The largest absolute Gasteiger partial charge is 0.455 e. The lowest BCUT2D eigenvalue weighted by Gasteiger charge is -2.48. The van der Waals surface area contributed by atoms with Crippen LogP contribution in [0.4, 0.5) is 26.3 Å². The number of rotatable bonds is 7. The fraction of sp³-hybridized carbons (Fsp3) is 0.938. The predicted octanol–water partition coefficient (Wildman–Crippen LogP) is 5.90. The molecule has 0 aromatic heterocycles. The van der Waals surface area contributed by atoms with Gasteiger partial charge >= 0.3 is 18.3 Å². The van der Waals surface area contributed by atoms with Gasteiger partial charge in [0.1, 0.15) is 0 Å². The number of alkyl halides is 6. The Morgan fingerprint density at radius 3 is 1.62 bits per heavy atom. The first-order valence-electron chi connectivity index (χ1n) is 7.76. The van der Waals surface area contributed by atoms with Crippen LogP contribution in [-0.2, 0) is 9.53 Å². The Balaban J connectivity index is 6.17. The average molecular weight is 364 g/mol. The van der Waals surface area contributed by atoms with Crippen molar-refractivity contribution in [3.63, 3.8) is 0 Å². The molecule has 0 aliphatic rings. The zero-order valence-corrected chi connectivity index (χ0v) is 14.9. The summed E-state index contributed by atoms with van der Waals surface area (Å²) in [6.07, 6.45) is -10.3. The SMILES string of the molecule is CCC(C)(C)CC(C(=O)OCC(F)(F)F)(C(F)(F)F)C(C)(C)CC. The van der Waals surface area contributed by atoms with Crippen molar-refractivity contribution in [1.82, 2.24) is 0 Å². The molecule has 0 aromatic carbocycles. The number of hydrogen-bond donors (Lipinski definition) is 0. The second-order valence-electron chi connectivity index (χ2n) is 7.53. The van der Waals surface area contributed by atoms with Crippen molar-refractivity contribution in [3.8, 4) is 0 Å². The van der Waals surface area contributed by atoms with Gasteiger partial charge in [-0.25, -0.2) is 0 Å². The van der Waals surface area contributed by atoms with Gasteiger partial charge in [-0.05, 0) is 23.7 Å². The van der Waals surface area contributed by atoms with Gasteiger partial charge in [-0.2, -0.15) is 26.3 Å². The van der Waals surface area contributed by atoms with E-state index in [0.717, 1.165) is 0 Å². The van der Waals surface area contributed by atoms with Crippen molar-refractivity contribution in [2.75, 3.05) is 6.61 Å². The van der Waals surface area contributed by atoms with Gasteiger partial charge in [0.25, 0.3) is 0 Å². The van der Waals surface area contributed by atoms with Crippen molar-refractivity contribution < 1.29 is 35.9 Å². The molecule has 1 atom stereocenters. The maximum absolute atomic E-state index is 14.0. The minimum Gasteiger partial charge on any atom is -0.455 e. The van der Waals surface area contributed by atoms with Gasteiger partial charge in [0, 0.05) is 0 Å². The van der Waals surface area contributed by atoms with Crippen LogP contribution >= 0.6 is 0 Å². The van der Waals surface area contributed by atoms with Crippen molar-refractivity contribution in [3.05, 3.63) is 0 Å². The van der Waals surface area contributed by atoms with E-state index in [9.17, 15) is 31.1 Å². The van der Waals surface area contributed by atoms with Crippen molar-refractivity contribution in [1.29, 1.82) is 0 Å². The molecule has 0 amide bonds. The topological polar surface area (TPSA) is 26.3 Å². The Bertz CT molecular complexity index is 437. The Hall–Kier alpha value is -0.950. The summed E-state index contributed by atoms with van der Waals surface area (Å²) in [5, 5.41) is 0. The molecule has 8 heteroatoms. The highest BCUT2D eigenvalue weighted by Gasteiger charge is 2.69. The molecule has 24 heavy (non-hydrogen) atoms. The molecule has 1 unspecified atom stereocenters. The smallest absolute Gasteiger partial charge is 0.422 e. The third-order valence-corrected chi connectivity index (χ3v) is 4.94. The standard InChI is InChI=1S/C16H26F6O2/c1-7-12(3,4)9-14(16(20,21)22,13(5,6)8-2)11(23)24-10-15(17,18)19/h7-10H2,1-6H3. The number of halogens is 6. The van der Waals surface area contributed by atoms with Crippen LogP contribution in [0.15, 0.2) is 0 Å². The van der Waals surface area contributed by atoms with Crippen molar-refractivity contribution in [2.24, 2.45) is 16.2 Å². The van der Waals surface area contributed by atoms with Crippen molar-refractivity contribution >= 4 is 5.97 Å². The molecular formula is C16H26F6O2. The van der Waals surface area contributed by atoms with Gasteiger partial charge in [0.05, 0.1) is 0 Å². The first-order valence-corrected chi connectivity index (χ1v) is 7.76. The number of carbonyl (C=O) groups excluding carboxylic acids is 1. The van der Waals surface area contributed by atoms with E-state index in [0.29, 0.717) is 6.42 Å². The monoisotopic (exact) mass is 364 g/mol. The Morgan fingerprint density at radius 1 is 0.875 bits per heavy atom. The van der Waals surface area contributed by atoms with Crippen LogP contribution in [0.1, 0.15) is 60.8 Å². The van der Waals surface area contributed by atoms with Gasteiger partial charge < -0.3 is 4.74 Å². The van der Waals surface area contributed by atoms with E-state index in [-0.39, 0.29) is 6.42 Å². The second kappa shape index (κ2) is 7.12. The fourth-order valence-electron chi connectivity index (χ4n) is 2.60. The Morgan fingerprint density at radius 2 is 1.33 bits per heavy atom. The van der Waals surface area contributed by atoms with Gasteiger partial charge in [-0.1, -0.05) is 48.0 Å². The Labute approximate surface area is 138 Å². The molecule has 0 aliphatic heterocycles. The van der Waals surface area contributed by atoms with E-state index < -0.39 is 47.6 Å². The number of hydrogen-bond acceptors (Lipinski definition) is 2. The molecule has 0 aliphatic carbocycles. The highest BCUT2D eigenvalue weighted by Crippen LogP contribution is 2.59. The van der Waals surface area contributed by atoms with Crippen LogP contribution in [0.5, 0.6) is 0 Å². The van der Waals surface area contributed by atoms with Crippen LogP contribution < -0.4 is 0 Å². The summed E-state index contributed by atoms with van der Waals surface area (Å²) in [7, 11) is 0. The summed E-state index contributed by atoms with van der Waals surface area (Å²) in [4.78, 5) is 12.3. The number of carbonyl (C=O) groups is 1. The molecule has 144 valence electrons. The van der Waals surface area contributed by atoms with E-state index in [1.807, 2.05) is 0 Å². The minimum absolute atomic E-state index is 0.0482. The first-order chi connectivity index (χ1) is 10.5.